The normalized spacial score (nSPS) is 13.5. The molecule has 0 saturated heterocycles. The quantitative estimate of drug-likeness (QED) is 0.648. The van der Waals surface area contributed by atoms with E-state index in [1.165, 1.54) is 6.92 Å². The van der Waals surface area contributed by atoms with E-state index in [0.717, 1.165) is 0 Å². The predicted octanol–water partition coefficient (Wildman–Crippen LogP) is 1.41. The molecule has 2 atom stereocenters. The molecule has 3 N–H and O–H groups in total. The summed E-state index contributed by atoms with van der Waals surface area (Å²) in [6, 6.07) is 9.92. The van der Waals surface area contributed by atoms with Crippen molar-refractivity contribution in [2.24, 2.45) is 10.9 Å². The highest BCUT2D eigenvalue weighted by Crippen LogP contribution is 2.13. The summed E-state index contributed by atoms with van der Waals surface area (Å²) in [4.78, 5) is 16.6. The van der Waals surface area contributed by atoms with Gasteiger partial charge in [0.1, 0.15) is 11.6 Å². The summed E-state index contributed by atoms with van der Waals surface area (Å²) in [6.45, 7) is 5.09. The van der Waals surface area contributed by atoms with E-state index in [0.29, 0.717) is 11.1 Å². The van der Waals surface area contributed by atoms with Crippen LogP contribution in [-0.2, 0) is 4.79 Å². The number of rotatable bonds is 7. The maximum absolute atomic E-state index is 12.4. The van der Waals surface area contributed by atoms with Crippen LogP contribution in [0, 0.1) is 34.0 Å². The van der Waals surface area contributed by atoms with Crippen molar-refractivity contribution in [3.8, 4) is 12.1 Å². The summed E-state index contributed by atoms with van der Waals surface area (Å²) in [5.74, 6) is -1.73. The van der Waals surface area contributed by atoms with Crippen molar-refractivity contribution in [1.29, 1.82) is 15.9 Å². The van der Waals surface area contributed by atoms with Crippen molar-refractivity contribution in [3.05, 3.63) is 35.4 Å². The van der Waals surface area contributed by atoms with Gasteiger partial charge in [-0.25, -0.2) is 0 Å². The van der Waals surface area contributed by atoms with Gasteiger partial charge in [0, 0.05) is 12.6 Å². The Labute approximate surface area is 147 Å². The second-order valence-corrected chi connectivity index (χ2v) is 5.83. The lowest BCUT2D eigenvalue weighted by atomic mass is 9.92. The molecule has 0 fully saturated rings. The van der Waals surface area contributed by atoms with Crippen LogP contribution in [0.25, 0.3) is 0 Å². The first-order chi connectivity index (χ1) is 11.8. The number of amides is 1. The van der Waals surface area contributed by atoms with Crippen molar-refractivity contribution < 1.29 is 9.90 Å². The van der Waals surface area contributed by atoms with Crippen molar-refractivity contribution in [2.45, 2.75) is 32.9 Å². The fourth-order valence-electron chi connectivity index (χ4n) is 2.03. The summed E-state index contributed by atoms with van der Waals surface area (Å²) in [7, 11) is 0. The van der Waals surface area contributed by atoms with Gasteiger partial charge < -0.3 is 15.8 Å². The number of carbonyl (C=O) groups is 1. The van der Waals surface area contributed by atoms with Gasteiger partial charge in [-0.2, -0.15) is 10.5 Å². The second kappa shape index (κ2) is 9.31. The summed E-state index contributed by atoms with van der Waals surface area (Å²) >= 11 is 0. The second-order valence-electron chi connectivity index (χ2n) is 5.83. The van der Waals surface area contributed by atoms with Crippen LogP contribution >= 0.6 is 0 Å². The van der Waals surface area contributed by atoms with E-state index >= 15 is 0 Å². The van der Waals surface area contributed by atoms with Crippen molar-refractivity contribution in [2.75, 3.05) is 6.54 Å². The van der Waals surface area contributed by atoms with Crippen molar-refractivity contribution in [1.82, 2.24) is 5.32 Å². The lowest BCUT2D eigenvalue weighted by Gasteiger charge is -2.16. The first-order valence-electron chi connectivity index (χ1n) is 7.82. The van der Waals surface area contributed by atoms with E-state index in [2.05, 4.69) is 10.3 Å². The molecule has 1 rings (SSSR count). The molecular formula is C18H21N5O2. The molecule has 1 aromatic rings. The molecule has 2 unspecified atom stereocenters. The van der Waals surface area contributed by atoms with E-state index in [9.17, 15) is 15.2 Å². The Morgan fingerprint density at radius 2 is 1.88 bits per heavy atom. The molecule has 7 heteroatoms. The van der Waals surface area contributed by atoms with E-state index in [4.69, 9.17) is 10.7 Å². The van der Waals surface area contributed by atoms with Gasteiger partial charge in [-0.05, 0) is 38.5 Å². The molecule has 7 nitrogen and oxygen atoms in total. The number of aliphatic hydroxyl groups is 1. The monoisotopic (exact) mass is 339 g/mol. The van der Waals surface area contributed by atoms with Crippen LogP contribution < -0.4 is 5.32 Å². The predicted molar refractivity (Wildman–Crippen MR) is 94.4 cm³/mol. The van der Waals surface area contributed by atoms with Crippen LogP contribution in [0.5, 0.6) is 0 Å². The molecule has 130 valence electrons. The van der Waals surface area contributed by atoms with Crippen LogP contribution in [0.1, 0.15) is 31.9 Å². The highest BCUT2D eigenvalue weighted by molar-refractivity contribution is 6.45. The average Bonchev–Trinajstić information content (AvgIpc) is 2.58. The molecule has 0 spiro atoms. The summed E-state index contributed by atoms with van der Waals surface area (Å²) in [6.07, 6.45) is -0.734. The zero-order valence-corrected chi connectivity index (χ0v) is 14.4. The maximum Gasteiger partial charge on any atom is 0.267 e. The molecule has 0 aliphatic heterocycles. The lowest BCUT2D eigenvalue weighted by Crippen LogP contribution is -2.41. The van der Waals surface area contributed by atoms with Crippen LogP contribution in [0.15, 0.2) is 29.3 Å². The molecule has 0 saturated carbocycles. The van der Waals surface area contributed by atoms with Gasteiger partial charge in [-0.3, -0.25) is 9.79 Å². The Morgan fingerprint density at radius 1 is 1.28 bits per heavy atom. The van der Waals surface area contributed by atoms with Gasteiger partial charge in [-0.1, -0.05) is 12.1 Å². The van der Waals surface area contributed by atoms with Crippen LogP contribution in [0.3, 0.4) is 0 Å². The summed E-state index contributed by atoms with van der Waals surface area (Å²) < 4.78 is 0. The molecule has 1 amide bonds. The third kappa shape index (κ3) is 5.83. The SMILES string of the molecule is CC(O)CNC(=O)C(=NC(C)C)C(C#N)C(=N)c1ccc(C#N)cc1. The van der Waals surface area contributed by atoms with Gasteiger partial charge in [0.2, 0.25) is 0 Å². The van der Waals surface area contributed by atoms with E-state index < -0.39 is 17.9 Å². The topological polar surface area (TPSA) is 133 Å². The van der Waals surface area contributed by atoms with E-state index in [1.54, 1.807) is 38.1 Å². The maximum atomic E-state index is 12.4. The Morgan fingerprint density at radius 3 is 2.32 bits per heavy atom. The Balaban J connectivity index is 3.16. The van der Waals surface area contributed by atoms with Gasteiger partial charge in [0.05, 0.1) is 29.5 Å². The first kappa shape index (κ1) is 20.0. The fraction of sp³-hybridized carbons (Fsp3) is 0.389. The van der Waals surface area contributed by atoms with Gasteiger partial charge in [0.25, 0.3) is 5.91 Å². The van der Waals surface area contributed by atoms with E-state index in [-0.39, 0.29) is 24.0 Å². The number of carbonyl (C=O) groups excluding carboxylic acids is 1. The number of nitrogens with one attached hydrogen (secondary N) is 2. The Hall–Kier alpha value is -3.03. The molecule has 1 aromatic carbocycles. The number of aliphatic imine (C=N–C) groups is 1. The molecule has 25 heavy (non-hydrogen) atoms. The Kier molecular flexibility index (Phi) is 7.45. The van der Waals surface area contributed by atoms with Gasteiger partial charge in [0.15, 0.2) is 0 Å². The minimum Gasteiger partial charge on any atom is -0.392 e. The zero-order valence-electron chi connectivity index (χ0n) is 14.4. The van der Waals surface area contributed by atoms with Gasteiger partial charge >= 0.3 is 0 Å². The average molecular weight is 339 g/mol. The van der Waals surface area contributed by atoms with E-state index in [1.807, 2.05) is 12.1 Å². The molecule has 0 aliphatic carbocycles. The molecule has 0 heterocycles. The smallest absolute Gasteiger partial charge is 0.267 e. The minimum absolute atomic E-state index is 0.0261. The third-order valence-electron chi connectivity index (χ3n) is 3.20. The van der Waals surface area contributed by atoms with Crippen LogP contribution in [0.4, 0.5) is 0 Å². The lowest BCUT2D eigenvalue weighted by molar-refractivity contribution is -0.115. The van der Waals surface area contributed by atoms with Crippen LogP contribution in [0.2, 0.25) is 0 Å². The van der Waals surface area contributed by atoms with Crippen molar-refractivity contribution >= 4 is 17.3 Å². The number of aliphatic hydroxyl groups excluding tert-OH is 1. The molecule has 0 aromatic heterocycles. The highest BCUT2D eigenvalue weighted by Gasteiger charge is 2.28. The highest BCUT2D eigenvalue weighted by atomic mass is 16.3. The zero-order chi connectivity index (χ0) is 19.0. The van der Waals surface area contributed by atoms with Gasteiger partial charge in [-0.15, -0.1) is 0 Å². The summed E-state index contributed by atoms with van der Waals surface area (Å²) in [5.41, 5.74) is 0.743. The standard InChI is InChI=1S/C18H21N5O2/c1-11(2)23-17(18(25)22-10-12(3)24)15(9-20)16(21)14-6-4-13(8-19)5-7-14/h4-7,11-12,15,21,24H,10H2,1-3H3,(H,22,25). The number of hydrogen-bond donors (Lipinski definition) is 3. The molecular weight excluding hydrogens is 318 g/mol. The van der Waals surface area contributed by atoms with Crippen molar-refractivity contribution in [3.63, 3.8) is 0 Å². The number of nitriles is 2. The summed E-state index contributed by atoms with van der Waals surface area (Å²) in [5, 5.41) is 38.5. The number of benzene rings is 1. The Bertz CT molecular complexity index is 736. The molecule has 0 bridgehead atoms. The third-order valence-corrected chi connectivity index (χ3v) is 3.20. The molecule has 0 radical (unpaired) electrons. The fourth-order valence-corrected chi connectivity index (χ4v) is 2.03. The van der Waals surface area contributed by atoms with Crippen LogP contribution in [-0.4, -0.2) is 41.1 Å². The molecule has 0 aliphatic rings. The number of nitrogens with zero attached hydrogens (tertiary/aromatic N) is 3. The minimum atomic E-state index is -1.15. The number of hydrogen-bond acceptors (Lipinski definition) is 6. The first-order valence-corrected chi connectivity index (χ1v) is 7.82. The largest absolute Gasteiger partial charge is 0.392 e.